The summed E-state index contributed by atoms with van der Waals surface area (Å²) < 4.78 is 38.4. The molecule has 3 aliphatic heterocycles. The lowest BCUT2D eigenvalue weighted by Crippen LogP contribution is -2.45. The summed E-state index contributed by atoms with van der Waals surface area (Å²) in [7, 11) is 0. The van der Waals surface area contributed by atoms with Crippen LogP contribution in [0.25, 0.3) is 0 Å². The smallest absolute Gasteiger partial charge is 0.184 e. The highest BCUT2D eigenvalue weighted by Crippen LogP contribution is 2.42. The van der Waals surface area contributed by atoms with Crippen molar-refractivity contribution in [3.63, 3.8) is 0 Å². The number of hydrogen-bond acceptors (Lipinski definition) is 6. The minimum atomic E-state index is -0.664. The van der Waals surface area contributed by atoms with Crippen LogP contribution in [0.4, 0.5) is 0 Å². The molecule has 0 amide bonds. The maximum absolute atomic E-state index is 6.52. The Kier molecular flexibility index (Phi) is 7.23. The largest absolute Gasteiger partial charge is 0.346 e. The quantitative estimate of drug-likeness (QED) is 0.364. The van der Waals surface area contributed by atoms with Gasteiger partial charge in [0.05, 0.1) is 13.2 Å². The Hall–Kier alpha value is -1.71. The summed E-state index contributed by atoms with van der Waals surface area (Å²) in [5.41, 5.74) is 2.51. The lowest BCUT2D eigenvalue weighted by atomic mass is 10.0. The molecule has 188 valence electrons. The third-order valence-electron chi connectivity index (χ3n) is 6.47. The molecule has 0 spiro atoms. The van der Waals surface area contributed by atoms with Gasteiger partial charge < -0.3 is 28.4 Å². The van der Waals surface area contributed by atoms with Gasteiger partial charge in [-0.15, -0.1) is 0 Å². The van der Waals surface area contributed by atoms with Crippen LogP contribution in [0.1, 0.15) is 35.6 Å². The summed E-state index contributed by atoms with van der Waals surface area (Å²) in [5.74, 6) is 0. The molecule has 0 saturated carbocycles. The molecule has 9 heteroatoms. The van der Waals surface area contributed by atoms with E-state index in [0.717, 1.165) is 16.7 Å². The van der Waals surface area contributed by atoms with Gasteiger partial charge in [-0.05, 0) is 36.4 Å². The molecule has 3 aliphatic rings. The summed E-state index contributed by atoms with van der Waals surface area (Å²) >= 11 is 18.3. The average Bonchev–Trinajstić information content (AvgIpc) is 3.24. The van der Waals surface area contributed by atoms with Crippen molar-refractivity contribution >= 4 is 34.8 Å². The van der Waals surface area contributed by atoms with Crippen molar-refractivity contribution in [2.24, 2.45) is 0 Å². The van der Waals surface area contributed by atoms with E-state index in [-0.39, 0.29) is 13.2 Å². The molecule has 0 aliphatic carbocycles. The monoisotopic (exact) mass is 548 g/mol. The van der Waals surface area contributed by atoms with Crippen LogP contribution in [-0.4, -0.2) is 37.6 Å². The van der Waals surface area contributed by atoms with Gasteiger partial charge in [0.2, 0.25) is 0 Å². The third-order valence-corrected chi connectivity index (χ3v) is 7.22. The van der Waals surface area contributed by atoms with E-state index in [4.69, 9.17) is 63.2 Å². The number of benzene rings is 3. The molecule has 3 aromatic carbocycles. The molecule has 4 bridgehead atoms. The number of ether oxygens (including phenoxy) is 6. The number of hydrogen-bond donors (Lipinski definition) is 0. The second kappa shape index (κ2) is 10.6. The van der Waals surface area contributed by atoms with Crippen molar-refractivity contribution in [3.8, 4) is 0 Å². The van der Waals surface area contributed by atoms with E-state index in [2.05, 4.69) is 0 Å². The normalized spacial score (nSPS) is 32.2. The van der Waals surface area contributed by atoms with Gasteiger partial charge in [0.25, 0.3) is 0 Å². The fourth-order valence-electron chi connectivity index (χ4n) is 4.62. The lowest BCUT2D eigenvalue weighted by molar-refractivity contribution is -0.262. The van der Waals surface area contributed by atoms with Crippen LogP contribution < -0.4 is 0 Å². The van der Waals surface area contributed by atoms with Gasteiger partial charge in [-0.1, -0.05) is 71.2 Å². The molecule has 3 aromatic rings. The minimum Gasteiger partial charge on any atom is -0.346 e. The van der Waals surface area contributed by atoms with Crippen molar-refractivity contribution in [1.29, 1.82) is 0 Å². The first-order valence-electron chi connectivity index (χ1n) is 11.6. The Balaban J connectivity index is 1.33. The standard InChI is InChI=1S/C27H23Cl3O6/c28-18-7-1-15(2-8-18)25-31-13-21-24-23(35-25)22(34-27(33-21)17-5-11-20(30)12-6-17)14-32-26(36-24)16-3-9-19(29)10-4-16/h1-12,21-27H,13-14H2/t21-,22+,23-,24-,25?,26?,27?/m0/s1. The van der Waals surface area contributed by atoms with E-state index in [0.29, 0.717) is 15.1 Å². The zero-order valence-electron chi connectivity index (χ0n) is 19.0. The average molecular weight is 550 g/mol. The number of halogens is 3. The SMILES string of the molecule is Clc1ccc(C2OC[C@H]3OC(c4ccc(Cl)cc4)O[C@H]4COC(c5ccc(Cl)cc5)O[C@@H]3[C@H]4O2)cc1. The molecule has 6 rings (SSSR count). The maximum atomic E-state index is 6.52. The Morgan fingerprint density at radius 2 is 0.778 bits per heavy atom. The van der Waals surface area contributed by atoms with Crippen molar-refractivity contribution < 1.29 is 28.4 Å². The summed E-state index contributed by atoms with van der Waals surface area (Å²) in [6.07, 6.45) is -3.97. The predicted octanol–water partition coefficient (Wildman–Crippen LogP) is 6.66. The molecule has 6 nitrogen and oxygen atoms in total. The molecular weight excluding hydrogens is 527 g/mol. The van der Waals surface area contributed by atoms with Crippen LogP contribution in [0.2, 0.25) is 15.1 Å². The Morgan fingerprint density at radius 3 is 1.14 bits per heavy atom. The second-order valence-electron chi connectivity index (χ2n) is 8.87. The summed E-state index contributed by atoms with van der Waals surface area (Å²) in [5, 5.41) is 1.90. The van der Waals surface area contributed by atoms with Crippen LogP contribution in [0.3, 0.4) is 0 Å². The third kappa shape index (κ3) is 5.16. The van der Waals surface area contributed by atoms with Crippen LogP contribution in [0.5, 0.6) is 0 Å². The molecule has 36 heavy (non-hydrogen) atoms. The molecule has 3 heterocycles. The molecule has 0 aromatic heterocycles. The highest BCUT2D eigenvalue weighted by atomic mass is 35.5. The Bertz CT molecular complexity index is 1100. The van der Waals surface area contributed by atoms with E-state index >= 15 is 0 Å². The van der Waals surface area contributed by atoms with Gasteiger partial charge in [0.1, 0.15) is 24.4 Å². The van der Waals surface area contributed by atoms with Crippen LogP contribution in [0.15, 0.2) is 72.8 Å². The van der Waals surface area contributed by atoms with Gasteiger partial charge in [-0.3, -0.25) is 0 Å². The highest BCUT2D eigenvalue weighted by Gasteiger charge is 2.50. The molecular formula is C27H23Cl3O6. The lowest BCUT2D eigenvalue weighted by Gasteiger charge is -2.29. The Labute approximate surface area is 223 Å². The first kappa shape index (κ1) is 24.6. The van der Waals surface area contributed by atoms with E-state index in [9.17, 15) is 0 Å². The fourth-order valence-corrected chi connectivity index (χ4v) is 5.00. The first-order valence-corrected chi connectivity index (χ1v) is 12.8. The zero-order valence-corrected chi connectivity index (χ0v) is 21.2. The Morgan fingerprint density at radius 1 is 0.444 bits per heavy atom. The van der Waals surface area contributed by atoms with E-state index in [1.54, 1.807) is 36.4 Å². The molecule has 0 N–H and O–H groups in total. The topological polar surface area (TPSA) is 55.4 Å². The van der Waals surface area contributed by atoms with Gasteiger partial charge in [-0.25, -0.2) is 0 Å². The van der Waals surface area contributed by atoms with Crippen LogP contribution in [0, 0.1) is 0 Å². The van der Waals surface area contributed by atoms with Gasteiger partial charge >= 0.3 is 0 Å². The van der Waals surface area contributed by atoms with Crippen molar-refractivity contribution in [2.45, 2.75) is 43.3 Å². The minimum absolute atomic E-state index is 0.224. The van der Waals surface area contributed by atoms with Gasteiger partial charge in [0.15, 0.2) is 18.9 Å². The second-order valence-corrected chi connectivity index (χ2v) is 10.2. The molecule has 3 fully saturated rings. The van der Waals surface area contributed by atoms with Gasteiger partial charge in [0, 0.05) is 31.8 Å². The van der Waals surface area contributed by atoms with E-state index in [1.807, 2.05) is 36.4 Å². The summed E-state index contributed by atoms with van der Waals surface area (Å²) in [6, 6.07) is 22.1. The molecule has 3 unspecified atom stereocenters. The summed E-state index contributed by atoms with van der Waals surface area (Å²) in [6.45, 7) is 0.448. The first-order chi connectivity index (χ1) is 17.5. The van der Waals surface area contributed by atoms with E-state index in [1.165, 1.54) is 0 Å². The summed E-state index contributed by atoms with van der Waals surface area (Å²) in [4.78, 5) is 0. The van der Waals surface area contributed by atoms with Crippen molar-refractivity contribution in [2.75, 3.05) is 13.2 Å². The molecule has 0 radical (unpaired) electrons. The van der Waals surface area contributed by atoms with Crippen LogP contribution in [-0.2, 0) is 28.4 Å². The van der Waals surface area contributed by atoms with Crippen molar-refractivity contribution in [1.82, 2.24) is 0 Å². The molecule has 7 atom stereocenters. The number of rotatable bonds is 3. The fraction of sp³-hybridized carbons (Fsp3) is 0.333. The van der Waals surface area contributed by atoms with Crippen molar-refractivity contribution in [3.05, 3.63) is 105 Å². The van der Waals surface area contributed by atoms with Gasteiger partial charge in [-0.2, -0.15) is 0 Å². The molecule has 3 saturated heterocycles. The predicted molar refractivity (Wildman–Crippen MR) is 134 cm³/mol. The zero-order chi connectivity index (χ0) is 24.6. The highest BCUT2D eigenvalue weighted by molar-refractivity contribution is 6.31. The van der Waals surface area contributed by atoms with E-state index < -0.39 is 43.3 Å². The van der Waals surface area contributed by atoms with Crippen LogP contribution >= 0.6 is 34.8 Å². The maximum Gasteiger partial charge on any atom is 0.184 e.